The molecule has 372 valence electrons. The minimum absolute atomic E-state index is 0.171. The molecule has 0 N–H and O–H groups in total. The second kappa shape index (κ2) is 16.8. The summed E-state index contributed by atoms with van der Waals surface area (Å²) in [5, 5.41) is 0. The third-order valence-electron chi connectivity index (χ3n) is 7.52. The maximum absolute atomic E-state index is 14.4. The third-order valence-corrected chi connectivity index (χ3v) is 7.52. The summed E-state index contributed by atoms with van der Waals surface area (Å²) in [6.45, 7) is -3.29. The Morgan fingerprint density at radius 2 is 0.460 bits per heavy atom. The zero-order valence-electron chi connectivity index (χ0n) is 29.1. The lowest BCUT2D eigenvalue weighted by Crippen LogP contribution is -2.74. The highest BCUT2D eigenvalue weighted by molar-refractivity contribution is 5.29. The van der Waals surface area contributed by atoms with Crippen molar-refractivity contribution in [2.75, 3.05) is 13.2 Å². The molecule has 0 fully saturated rings. The maximum atomic E-state index is 14.4. The minimum atomic E-state index is -9.04. The fourth-order valence-electron chi connectivity index (χ4n) is 3.99. The molecule has 0 aliphatic carbocycles. The van der Waals surface area contributed by atoms with Gasteiger partial charge in [-0.1, -0.05) is 24.3 Å². The van der Waals surface area contributed by atoms with Crippen LogP contribution in [-0.2, 0) is 4.74 Å². The molecule has 0 aromatic heterocycles. The molecule has 0 spiro atoms. The van der Waals surface area contributed by atoms with E-state index in [9.17, 15) is 149 Å². The first kappa shape index (κ1) is 59.5. The summed E-state index contributed by atoms with van der Waals surface area (Å²) in [5.41, 5.74) is -4.05. The van der Waals surface area contributed by atoms with Gasteiger partial charge in [-0.15, -0.1) is 0 Å². The first-order valence-corrected chi connectivity index (χ1v) is 14.8. The van der Waals surface area contributed by atoms with E-state index >= 15 is 0 Å². The van der Waals surface area contributed by atoms with Gasteiger partial charge in [0.1, 0.15) is 0 Å². The van der Waals surface area contributed by atoms with Crippen LogP contribution in [-0.4, -0.2) is 108 Å². The lowest BCUT2D eigenvalue weighted by Gasteiger charge is -2.42. The van der Waals surface area contributed by atoms with Crippen molar-refractivity contribution in [2.24, 2.45) is 0 Å². The van der Waals surface area contributed by atoms with E-state index in [1.807, 2.05) is 0 Å². The van der Waals surface area contributed by atoms with Gasteiger partial charge in [0.25, 0.3) is 0 Å². The van der Waals surface area contributed by atoms with E-state index in [1.165, 1.54) is 0 Å². The van der Waals surface area contributed by atoms with Crippen molar-refractivity contribution in [2.45, 2.75) is 109 Å². The Hall–Kier alpha value is -3.46. The van der Waals surface area contributed by atoms with Crippen LogP contribution in [0.25, 0.3) is 0 Å². The van der Waals surface area contributed by atoms with Gasteiger partial charge < -0.3 is 4.74 Å². The van der Waals surface area contributed by atoms with Gasteiger partial charge in [0.2, 0.25) is 0 Å². The summed E-state index contributed by atoms with van der Waals surface area (Å²) in [7, 11) is 0. The first-order valence-electron chi connectivity index (χ1n) is 14.8. The van der Waals surface area contributed by atoms with Crippen molar-refractivity contribution >= 4 is 0 Å². The fraction of sp³-hybridized carbons (Fsp3) is 0.714. The Kier molecular flexibility index (Phi) is 15.8. The summed E-state index contributed by atoms with van der Waals surface area (Å²) in [5.74, 6) is -120. The van der Waals surface area contributed by atoms with Crippen LogP contribution in [0.1, 0.15) is 13.8 Å². The summed E-state index contributed by atoms with van der Waals surface area (Å²) in [6.07, 6.45) is -19.6. The van der Waals surface area contributed by atoms with Crippen LogP contribution in [0.5, 0.6) is 0 Å². The van der Waals surface area contributed by atoms with Crippen LogP contribution >= 0.6 is 0 Å². The quantitative estimate of drug-likeness (QED) is 0.0872. The molecule has 0 aromatic rings. The lowest BCUT2D eigenvalue weighted by molar-refractivity contribution is -0.459. The molecule has 0 heterocycles. The number of alkyl halides is 34. The number of allylic oxidation sites excluding steroid dienone is 4. The molecule has 0 aliphatic rings. The highest BCUT2D eigenvalue weighted by atomic mass is 19.4. The smallest absolute Gasteiger partial charge is 0.372 e. The molecule has 0 bridgehead atoms. The average molecular weight is 1010 g/mol. The van der Waals surface area contributed by atoms with E-state index in [4.69, 9.17) is 0 Å². The molecule has 0 atom stereocenters. The van der Waals surface area contributed by atoms with Gasteiger partial charge in [-0.3, -0.25) is 0 Å². The summed E-state index contributed by atoms with van der Waals surface area (Å²) in [4.78, 5) is 0. The van der Waals surface area contributed by atoms with E-state index in [1.54, 1.807) is 0 Å². The van der Waals surface area contributed by atoms with Gasteiger partial charge in [-0.05, 0) is 37.1 Å². The standard InChI is InChI=1S/C28H16F34O/c1-3-5-11(7-13(29,30)15(33,34)17(37,38)19(41,42)21(45,46)23(49,50)25(53,54)27(57,58)59)9-63-10-12(6-4-2)8-14(31,32)16(35,36)18(39,40)20(43,44)22(47,48)24(51,52)26(55,56)28(60,61)62/h3-8H,9-10H2,1-2H3. The highest BCUT2D eigenvalue weighted by Gasteiger charge is 2.96. The maximum Gasteiger partial charge on any atom is 0.460 e. The van der Waals surface area contributed by atoms with Gasteiger partial charge in [-0.2, -0.15) is 149 Å². The van der Waals surface area contributed by atoms with Crippen LogP contribution in [0.4, 0.5) is 149 Å². The average Bonchev–Trinajstić information content (AvgIpc) is 3.05. The Morgan fingerprint density at radius 3 is 0.635 bits per heavy atom. The van der Waals surface area contributed by atoms with Crippen molar-refractivity contribution in [3.05, 3.63) is 47.6 Å². The fourth-order valence-corrected chi connectivity index (χ4v) is 3.99. The number of rotatable bonds is 20. The Labute approximate surface area is 325 Å². The molecular weight excluding hydrogens is 998 g/mol. The van der Waals surface area contributed by atoms with Crippen LogP contribution in [0.15, 0.2) is 47.6 Å². The molecule has 35 heteroatoms. The van der Waals surface area contributed by atoms with Crippen molar-refractivity contribution in [3.63, 3.8) is 0 Å². The van der Waals surface area contributed by atoms with Crippen molar-refractivity contribution in [3.8, 4) is 0 Å². The Balaban J connectivity index is 7.14. The summed E-state index contributed by atoms with van der Waals surface area (Å²) < 4.78 is 465. The molecule has 63 heavy (non-hydrogen) atoms. The van der Waals surface area contributed by atoms with Crippen LogP contribution in [0, 0.1) is 0 Å². The molecule has 0 rings (SSSR count). The molecule has 0 aliphatic heterocycles. The van der Waals surface area contributed by atoms with E-state index in [0.29, 0.717) is 13.8 Å². The largest absolute Gasteiger partial charge is 0.460 e. The summed E-state index contributed by atoms with van der Waals surface area (Å²) >= 11 is 0. The van der Waals surface area contributed by atoms with Crippen molar-refractivity contribution in [1.29, 1.82) is 0 Å². The van der Waals surface area contributed by atoms with E-state index < -0.39 is 132 Å². The zero-order chi connectivity index (χ0) is 51.5. The van der Waals surface area contributed by atoms with E-state index in [-0.39, 0.29) is 24.3 Å². The Morgan fingerprint density at radius 1 is 0.286 bits per heavy atom. The third kappa shape index (κ3) is 8.96. The molecule has 0 amide bonds. The number of hydrogen-bond donors (Lipinski definition) is 0. The monoisotopic (exact) mass is 1010 g/mol. The van der Waals surface area contributed by atoms with Crippen LogP contribution < -0.4 is 0 Å². The Bertz CT molecular complexity index is 1590. The zero-order valence-corrected chi connectivity index (χ0v) is 29.1. The predicted octanol–water partition coefficient (Wildman–Crippen LogP) is 14.0. The van der Waals surface area contributed by atoms with Gasteiger partial charge in [0.15, 0.2) is 0 Å². The molecule has 0 aromatic carbocycles. The van der Waals surface area contributed by atoms with E-state index in [0.717, 1.165) is 0 Å². The van der Waals surface area contributed by atoms with Crippen molar-refractivity contribution in [1.82, 2.24) is 0 Å². The summed E-state index contributed by atoms with van der Waals surface area (Å²) in [6, 6.07) is 0. The van der Waals surface area contributed by atoms with Gasteiger partial charge in [0.05, 0.1) is 13.2 Å². The topological polar surface area (TPSA) is 9.23 Å². The molecule has 0 unspecified atom stereocenters. The second-order valence-corrected chi connectivity index (χ2v) is 12.1. The molecule has 1 nitrogen and oxygen atoms in total. The van der Waals surface area contributed by atoms with E-state index in [2.05, 4.69) is 4.74 Å². The number of ether oxygens (including phenoxy) is 1. The predicted molar refractivity (Wildman–Crippen MR) is 138 cm³/mol. The van der Waals surface area contributed by atoms with Crippen molar-refractivity contribution < 1.29 is 154 Å². The number of hydrogen-bond acceptors (Lipinski definition) is 1. The lowest BCUT2D eigenvalue weighted by atomic mass is 9.88. The van der Waals surface area contributed by atoms with Gasteiger partial charge >= 0.3 is 95.3 Å². The second-order valence-electron chi connectivity index (χ2n) is 12.1. The molecular formula is C28H16F34O. The minimum Gasteiger partial charge on any atom is -0.372 e. The highest BCUT2D eigenvalue weighted by Crippen LogP contribution is 2.66. The number of halogens is 34. The van der Waals surface area contributed by atoms with Gasteiger partial charge in [-0.25, -0.2) is 0 Å². The first-order chi connectivity index (χ1) is 27.1. The molecule has 0 radical (unpaired) electrons. The van der Waals surface area contributed by atoms with Crippen LogP contribution in [0.2, 0.25) is 0 Å². The molecule has 0 saturated carbocycles. The normalized spacial score (nSPS) is 17.1. The SMILES string of the molecule is CC=CC(=CC(F)(F)C(F)(F)C(F)(F)C(F)(F)C(F)(F)C(F)(F)C(F)(F)C(F)(F)F)COCC(C=CC)=CC(F)(F)C(F)(F)C(F)(F)C(F)(F)C(F)(F)C(F)(F)C(F)(F)C(F)(F)F. The molecule has 0 saturated heterocycles. The van der Waals surface area contributed by atoms with Gasteiger partial charge in [0, 0.05) is 0 Å². The van der Waals surface area contributed by atoms with Crippen LogP contribution in [0.3, 0.4) is 0 Å².